The van der Waals surface area contributed by atoms with Gasteiger partial charge in [-0.1, -0.05) is 60.7 Å². The van der Waals surface area contributed by atoms with Crippen molar-refractivity contribution in [3.63, 3.8) is 0 Å². The van der Waals surface area contributed by atoms with Crippen LogP contribution in [0, 0.1) is 0 Å². The normalized spacial score (nSPS) is 16.8. The fourth-order valence-corrected chi connectivity index (χ4v) is 3.53. The van der Waals surface area contributed by atoms with Gasteiger partial charge in [-0.25, -0.2) is 0 Å². The van der Waals surface area contributed by atoms with E-state index in [1.165, 1.54) is 12.2 Å². The monoisotopic (exact) mass is 484 g/mol. The van der Waals surface area contributed by atoms with E-state index in [4.69, 9.17) is 13.7 Å². The number of carbonyl (C=O) groups is 2. The molecule has 2 aromatic carbocycles. The number of rotatable bonds is 11. The van der Waals surface area contributed by atoms with Crippen LogP contribution >= 0.6 is 0 Å². The van der Waals surface area contributed by atoms with Crippen molar-refractivity contribution in [2.45, 2.75) is 32.2 Å². The number of hydrogen-bond acceptors (Lipinski definition) is 7. The molecule has 1 aliphatic rings. The molecule has 1 saturated heterocycles. The summed E-state index contributed by atoms with van der Waals surface area (Å²) in [5.41, 5.74) is 2.84. The van der Waals surface area contributed by atoms with Crippen LogP contribution in [0.15, 0.2) is 60.7 Å². The van der Waals surface area contributed by atoms with E-state index >= 15 is 0 Å². The molecule has 2 aromatic rings. The summed E-state index contributed by atoms with van der Waals surface area (Å²) in [5, 5.41) is 0. The lowest BCUT2D eigenvalue weighted by Gasteiger charge is -2.21. The second-order valence-corrected chi connectivity index (χ2v) is 9.58. The van der Waals surface area contributed by atoms with Gasteiger partial charge in [0, 0.05) is 12.2 Å². The molecule has 0 aliphatic carbocycles. The van der Waals surface area contributed by atoms with Crippen molar-refractivity contribution in [2.24, 2.45) is 0 Å². The van der Waals surface area contributed by atoms with Gasteiger partial charge in [0.15, 0.2) is 17.9 Å². The van der Waals surface area contributed by atoms with E-state index < -0.39 is 10.1 Å². The topological polar surface area (TPSA) is 96.0 Å². The average Bonchev–Trinajstić information content (AvgIpc) is 2.84. The van der Waals surface area contributed by atoms with Gasteiger partial charge in [0.25, 0.3) is 10.1 Å². The zero-order chi connectivity index (χ0) is 24.4. The maximum atomic E-state index is 12.4. The molecule has 1 aliphatic heterocycles. The minimum absolute atomic E-state index is 0.00416. The fourth-order valence-electron chi connectivity index (χ4n) is 3.18. The van der Waals surface area contributed by atoms with Crippen molar-refractivity contribution in [3.05, 3.63) is 82.9 Å². The first-order valence-corrected chi connectivity index (χ1v) is 12.8. The van der Waals surface area contributed by atoms with Gasteiger partial charge in [0.2, 0.25) is 0 Å². The average molecular weight is 485 g/mol. The molecule has 0 amide bonds. The third-order valence-electron chi connectivity index (χ3n) is 5.05. The van der Waals surface area contributed by atoms with Gasteiger partial charge >= 0.3 is 0 Å². The first-order chi connectivity index (χ1) is 16.3. The number of hydrogen-bond donors (Lipinski definition) is 0. The van der Waals surface area contributed by atoms with Crippen molar-refractivity contribution in [1.29, 1.82) is 0 Å². The Labute approximate surface area is 200 Å². The standard InChI is InChI=1S/C26H28O7S/c1-34(29,30)33-18-22-9-13-23(14-10-22)25(28)16-12-21-7-5-20(6-8-21)11-15-24(27)19-32-26-4-2-3-17-31-26/h5-16,26H,2-4,17-19H2,1H3/b15-11+,16-12+. The largest absolute Gasteiger partial charge is 0.353 e. The highest BCUT2D eigenvalue weighted by Crippen LogP contribution is 2.14. The summed E-state index contributed by atoms with van der Waals surface area (Å²) in [7, 11) is -3.52. The molecule has 7 nitrogen and oxygen atoms in total. The van der Waals surface area contributed by atoms with Crippen molar-refractivity contribution >= 4 is 33.8 Å². The molecular formula is C26H28O7S. The Morgan fingerprint density at radius 1 is 0.971 bits per heavy atom. The minimum atomic E-state index is -3.52. The van der Waals surface area contributed by atoms with Crippen LogP contribution in [0.1, 0.15) is 46.3 Å². The van der Waals surface area contributed by atoms with Crippen LogP contribution in [-0.4, -0.2) is 45.7 Å². The van der Waals surface area contributed by atoms with Gasteiger partial charge in [-0.3, -0.25) is 13.8 Å². The molecule has 8 heteroatoms. The molecule has 1 fully saturated rings. The summed E-state index contributed by atoms with van der Waals surface area (Å²) in [4.78, 5) is 24.4. The van der Waals surface area contributed by atoms with Gasteiger partial charge in [-0.15, -0.1) is 0 Å². The fraction of sp³-hybridized carbons (Fsp3) is 0.308. The summed E-state index contributed by atoms with van der Waals surface area (Å²) in [6, 6.07) is 14.0. The maximum Gasteiger partial charge on any atom is 0.264 e. The summed E-state index contributed by atoms with van der Waals surface area (Å²) < 4.78 is 37.8. The highest BCUT2D eigenvalue weighted by molar-refractivity contribution is 7.85. The molecule has 180 valence electrons. The minimum Gasteiger partial charge on any atom is -0.353 e. The van der Waals surface area contributed by atoms with Crippen molar-refractivity contribution in [3.8, 4) is 0 Å². The van der Waals surface area contributed by atoms with Crippen molar-refractivity contribution in [2.75, 3.05) is 19.5 Å². The van der Waals surface area contributed by atoms with Crippen molar-refractivity contribution in [1.82, 2.24) is 0 Å². The van der Waals surface area contributed by atoms with Gasteiger partial charge in [0.05, 0.1) is 12.9 Å². The highest BCUT2D eigenvalue weighted by Gasteiger charge is 2.14. The van der Waals surface area contributed by atoms with Crippen LogP contribution in [0.4, 0.5) is 0 Å². The first kappa shape index (κ1) is 25.7. The molecule has 0 saturated carbocycles. The van der Waals surface area contributed by atoms with Gasteiger partial charge < -0.3 is 9.47 Å². The Morgan fingerprint density at radius 3 is 2.21 bits per heavy atom. The summed E-state index contributed by atoms with van der Waals surface area (Å²) in [6.07, 6.45) is 10.00. The zero-order valence-electron chi connectivity index (χ0n) is 19.0. The van der Waals surface area contributed by atoms with Crippen molar-refractivity contribution < 1.29 is 31.7 Å². The second kappa shape index (κ2) is 12.5. The van der Waals surface area contributed by atoms with Gasteiger partial charge in [0.1, 0.15) is 6.61 Å². The molecule has 0 radical (unpaired) electrons. The Balaban J connectivity index is 1.47. The molecule has 0 aromatic heterocycles. The SMILES string of the molecule is CS(=O)(=O)OCc1ccc(C(=O)/C=C/c2ccc(/C=C/C(=O)COC3CCCCO3)cc2)cc1. The zero-order valence-corrected chi connectivity index (χ0v) is 19.8. The number of ether oxygens (including phenoxy) is 2. The van der Waals surface area contributed by atoms with E-state index in [0.717, 1.165) is 36.6 Å². The molecule has 0 spiro atoms. The van der Waals surface area contributed by atoms with E-state index in [-0.39, 0.29) is 31.1 Å². The van der Waals surface area contributed by atoms with Crippen LogP contribution < -0.4 is 0 Å². The summed E-state index contributed by atoms with van der Waals surface area (Å²) in [5.74, 6) is -0.301. The Morgan fingerprint density at radius 2 is 1.62 bits per heavy atom. The maximum absolute atomic E-state index is 12.4. The predicted octanol–water partition coefficient (Wildman–Crippen LogP) is 4.18. The van der Waals surface area contributed by atoms with Crippen LogP contribution in [0.2, 0.25) is 0 Å². The number of ketones is 2. The van der Waals surface area contributed by atoms with Gasteiger partial charge in [-0.05, 0) is 48.1 Å². The molecule has 34 heavy (non-hydrogen) atoms. The van der Waals surface area contributed by atoms with Crippen LogP contribution in [0.25, 0.3) is 12.2 Å². The Kier molecular flexibility index (Phi) is 9.47. The molecule has 3 rings (SSSR count). The molecule has 1 unspecified atom stereocenters. The third kappa shape index (κ3) is 9.15. The van der Waals surface area contributed by atoms with E-state index in [1.807, 2.05) is 24.3 Å². The molecular weight excluding hydrogens is 456 g/mol. The Hall–Kier alpha value is -2.91. The van der Waals surface area contributed by atoms with E-state index in [2.05, 4.69) is 0 Å². The number of allylic oxidation sites excluding steroid dienone is 1. The van der Waals surface area contributed by atoms with E-state index in [0.29, 0.717) is 17.7 Å². The first-order valence-electron chi connectivity index (χ1n) is 11.0. The Bertz CT molecular complexity index is 1120. The van der Waals surface area contributed by atoms with Crippen LogP contribution in [-0.2, 0) is 35.2 Å². The summed E-state index contributed by atoms with van der Waals surface area (Å²) >= 11 is 0. The lowest BCUT2D eigenvalue weighted by molar-refractivity contribution is -0.167. The van der Waals surface area contributed by atoms with Crippen LogP contribution in [0.5, 0.6) is 0 Å². The van der Waals surface area contributed by atoms with E-state index in [9.17, 15) is 18.0 Å². The van der Waals surface area contributed by atoms with Gasteiger partial charge in [-0.2, -0.15) is 8.42 Å². The molecule has 1 atom stereocenters. The predicted molar refractivity (Wildman–Crippen MR) is 129 cm³/mol. The molecule has 1 heterocycles. The highest BCUT2D eigenvalue weighted by atomic mass is 32.2. The lowest BCUT2D eigenvalue weighted by atomic mass is 10.1. The number of carbonyl (C=O) groups excluding carboxylic acids is 2. The smallest absolute Gasteiger partial charge is 0.264 e. The quantitative estimate of drug-likeness (QED) is 0.268. The second-order valence-electron chi connectivity index (χ2n) is 7.93. The molecule has 0 N–H and O–H groups in total. The lowest BCUT2D eigenvalue weighted by Crippen LogP contribution is -2.24. The van der Waals surface area contributed by atoms with E-state index in [1.54, 1.807) is 36.4 Å². The third-order valence-corrected chi connectivity index (χ3v) is 5.60. The summed E-state index contributed by atoms with van der Waals surface area (Å²) in [6.45, 7) is 0.601. The number of benzene rings is 2. The van der Waals surface area contributed by atoms with Crippen LogP contribution in [0.3, 0.4) is 0 Å². The molecule has 0 bridgehead atoms.